The zero-order valence-corrected chi connectivity index (χ0v) is 37.4. The van der Waals surface area contributed by atoms with Gasteiger partial charge in [-0.15, -0.1) is 0 Å². The third kappa shape index (κ3) is 8.86. The Kier molecular flexibility index (Phi) is 12.4. The lowest BCUT2D eigenvalue weighted by Crippen LogP contribution is -2.51. The summed E-state index contributed by atoms with van der Waals surface area (Å²) in [6.07, 6.45) is 6.58. The Hall–Kier alpha value is -6.30. The normalized spacial score (nSPS) is 18.9. The number of aryl methyl sites for hydroxylation is 1. The van der Waals surface area contributed by atoms with Crippen molar-refractivity contribution in [2.75, 3.05) is 53.9 Å². The molecule has 9 rings (SSSR count). The number of halogens is 2. The van der Waals surface area contributed by atoms with Crippen LogP contribution in [0.15, 0.2) is 53.6 Å². The van der Waals surface area contributed by atoms with Crippen molar-refractivity contribution in [2.24, 2.45) is 7.05 Å². The summed E-state index contributed by atoms with van der Waals surface area (Å²) in [4.78, 5) is 60.7. The minimum atomic E-state index is -1.28. The molecule has 1 unspecified atom stereocenters. The molecule has 1 atom stereocenters. The Morgan fingerprint density at radius 1 is 1.08 bits per heavy atom. The predicted molar refractivity (Wildman–Crippen MR) is 243 cm³/mol. The number of nitrogens with one attached hydrogen (secondary N) is 2. The number of rotatable bonds is 13. The summed E-state index contributed by atoms with van der Waals surface area (Å²) in [5.74, 6) is -1.21. The van der Waals surface area contributed by atoms with Crippen LogP contribution in [0.1, 0.15) is 76.3 Å². The van der Waals surface area contributed by atoms with E-state index < -0.39 is 28.9 Å². The molecular formula is C46H50F2N10O7S. The van der Waals surface area contributed by atoms with E-state index in [4.69, 9.17) is 9.47 Å². The number of ether oxygens (including phenoxy) is 2. The number of amides is 4. The molecule has 5 aromatic rings. The first-order valence-corrected chi connectivity index (χ1v) is 23.1. The van der Waals surface area contributed by atoms with Crippen molar-refractivity contribution in [3.05, 3.63) is 76.3 Å². The lowest BCUT2D eigenvalue weighted by molar-refractivity contribution is -0.142. The SMILES string of the molecule is CCCN(C(=O)NC=O)c1nn(C)c2cc(N3CCC(O)(CC(=O)N4CCC5(CC4)CC(n4cnc6ccc(Oc7c(F)ccc(NSC8CC8)c7C#N)cc6c4=O)CO5)CC3)c(F)cc12. The van der Waals surface area contributed by atoms with Gasteiger partial charge in [0.15, 0.2) is 17.4 Å². The average molecular weight is 925 g/mol. The Morgan fingerprint density at radius 3 is 2.56 bits per heavy atom. The van der Waals surface area contributed by atoms with Crippen LogP contribution in [0.4, 0.5) is 30.8 Å². The molecule has 3 N–H and O–H groups in total. The Labute approximate surface area is 382 Å². The number of carbonyl (C=O) groups is 3. The summed E-state index contributed by atoms with van der Waals surface area (Å²) in [5.41, 5.74) is -0.331. The second-order valence-corrected chi connectivity index (χ2v) is 18.8. The minimum absolute atomic E-state index is 0.0258. The van der Waals surface area contributed by atoms with E-state index in [1.54, 1.807) is 39.4 Å². The van der Waals surface area contributed by atoms with E-state index in [9.17, 15) is 29.5 Å². The first-order valence-electron chi connectivity index (χ1n) is 22.2. The molecule has 0 radical (unpaired) electrons. The molecule has 3 saturated heterocycles. The molecule has 66 heavy (non-hydrogen) atoms. The van der Waals surface area contributed by atoms with Gasteiger partial charge in [-0.3, -0.25) is 33.8 Å². The smallest absolute Gasteiger partial charge is 0.329 e. The lowest BCUT2D eigenvalue weighted by atomic mass is 9.85. The van der Waals surface area contributed by atoms with E-state index in [1.165, 1.54) is 47.4 Å². The highest BCUT2D eigenvalue weighted by atomic mass is 32.2. The van der Waals surface area contributed by atoms with Gasteiger partial charge in [0.1, 0.15) is 23.2 Å². The molecule has 20 heteroatoms. The summed E-state index contributed by atoms with van der Waals surface area (Å²) in [6, 6.07) is 11.5. The molecule has 2 aromatic heterocycles. The monoisotopic (exact) mass is 924 g/mol. The number of anilines is 3. The highest BCUT2D eigenvalue weighted by Crippen LogP contribution is 2.42. The number of fused-ring (bicyclic) bond motifs is 2. The Balaban J connectivity index is 0.806. The van der Waals surface area contributed by atoms with E-state index >= 15 is 8.78 Å². The second kappa shape index (κ2) is 18.2. The molecule has 346 valence electrons. The van der Waals surface area contributed by atoms with E-state index in [0.717, 1.165) is 12.8 Å². The van der Waals surface area contributed by atoms with Crippen molar-refractivity contribution in [1.29, 1.82) is 5.26 Å². The van der Waals surface area contributed by atoms with E-state index in [-0.39, 0.29) is 78.2 Å². The zero-order chi connectivity index (χ0) is 46.3. The standard InChI is InChI=1S/C46H50F2N10O7S/c1-3-14-57(44(62)51-27-59)42-32-20-35(48)39(21-38(32)54(2)52-42)55-15-10-45(63,11-16-55)23-40(60)56-17-12-46(13-18-56)22-28(25-64-46)58-26-50-36-8-4-29(19-31(36)43(58)61)65-41-33(24-49)37(9-7-34(41)47)53-66-30-5-6-30/h4,7-9,19-21,26-28,30,53,63H,3,5-6,10-18,22-23,25H2,1-2H3,(H,51,59,62). The number of hydrogen-bond donors (Lipinski definition) is 3. The van der Waals surface area contributed by atoms with Crippen LogP contribution in [0, 0.1) is 23.0 Å². The molecule has 4 fully saturated rings. The van der Waals surface area contributed by atoms with Crippen LogP contribution in [0.5, 0.6) is 11.5 Å². The van der Waals surface area contributed by atoms with Crippen LogP contribution < -0.4 is 30.1 Å². The van der Waals surface area contributed by atoms with Crippen LogP contribution in [0.3, 0.4) is 0 Å². The zero-order valence-electron chi connectivity index (χ0n) is 36.6. The summed E-state index contributed by atoms with van der Waals surface area (Å²) in [5, 5.41) is 29.3. The van der Waals surface area contributed by atoms with Crippen molar-refractivity contribution >= 4 is 69.3 Å². The quantitative estimate of drug-likeness (QED) is 0.0882. The van der Waals surface area contributed by atoms with Gasteiger partial charge in [0.2, 0.25) is 12.3 Å². The van der Waals surface area contributed by atoms with Crippen LogP contribution in [-0.2, 0) is 21.4 Å². The van der Waals surface area contributed by atoms with E-state index in [2.05, 4.69) is 20.1 Å². The van der Waals surface area contributed by atoms with Gasteiger partial charge in [0.05, 0.1) is 64.4 Å². The number of carbonyl (C=O) groups excluding carboxylic acids is 3. The molecule has 3 aromatic carbocycles. The average Bonchev–Trinajstić information content (AvgIpc) is 3.98. The number of nitrogens with zero attached hydrogens (tertiary/aromatic N) is 8. The maximum absolute atomic E-state index is 15.8. The van der Waals surface area contributed by atoms with Gasteiger partial charge in [0.25, 0.3) is 5.56 Å². The molecule has 1 aliphatic carbocycles. The molecule has 4 aliphatic rings. The largest absolute Gasteiger partial charge is 0.453 e. The maximum Gasteiger partial charge on any atom is 0.329 e. The van der Waals surface area contributed by atoms with Crippen molar-refractivity contribution in [1.82, 2.24) is 29.5 Å². The van der Waals surface area contributed by atoms with Crippen molar-refractivity contribution in [2.45, 2.75) is 87.2 Å². The maximum atomic E-state index is 15.8. The minimum Gasteiger partial charge on any atom is -0.453 e. The fourth-order valence-electron chi connectivity index (χ4n) is 9.33. The topological polar surface area (TPSA) is 200 Å². The molecular weight excluding hydrogens is 875 g/mol. The molecule has 4 amide bonds. The number of hydrogen-bond acceptors (Lipinski definition) is 13. The van der Waals surface area contributed by atoms with Gasteiger partial charge in [-0.1, -0.05) is 6.92 Å². The lowest BCUT2D eigenvalue weighted by Gasteiger charge is -2.42. The molecule has 1 saturated carbocycles. The van der Waals surface area contributed by atoms with Gasteiger partial charge in [-0.05, 0) is 106 Å². The Bertz CT molecular complexity index is 2810. The number of urea groups is 1. The predicted octanol–water partition coefficient (Wildman–Crippen LogP) is 6.27. The first-order chi connectivity index (χ1) is 31.8. The third-order valence-corrected chi connectivity index (χ3v) is 14.4. The van der Waals surface area contributed by atoms with Gasteiger partial charge in [-0.2, -0.15) is 10.4 Å². The number of aliphatic hydroxyl groups is 1. The number of piperidine rings is 2. The summed E-state index contributed by atoms with van der Waals surface area (Å²) in [7, 11) is 1.69. The van der Waals surface area contributed by atoms with Gasteiger partial charge in [0, 0.05) is 50.4 Å². The third-order valence-electron chi connectivity index (χ3n) is 13.2. The van der Waals surface area contributed by atoms with Crippen LogP contribution in [-0.4, -0.2) is 103 Å². The number of aromatic nitrogens is 4. The van der Waals surface area contributed by atoms with Crippen molar-refractivity contribution in [3.63, 3.8) is 0 Å². The van der Waals surface area contributed by atoms with Gasteiger partial charge < -0.3 is 29.1 Å². The van der Waals surface area contributed by atoms with Crippen LogP contribution in [0.2, 0.25) is 0 Å². The molecule has 5 heterocycles. The molecule has 0 bridgehead atoms. The fourth-order valence-corrected chi connectivity index (χ4v) is 10.2. The molecule has 1 spiro atoms. The number of likely N-dealkylation sites (tertiary alicyclic amines) is 1. The van der Waals surface area contributed by atoms with Crippen molar-refractivity contribution < 1.29 is 37.7 Å². The molecule has 17 nitrogen and oxygen atoms in total. The number of benzene rings is 3. The van der Waals surface area contributed by atoms with Crippen LogP contribution >= 0.6 is 11.9 Å². The van der Waals surface area contributed by atoms with E-state index in [0.29, 0.717) is 91.3 Å². The highest BCUT2D eigenvalue weighted by molar-refractivity contribution is 8.01. The summed E-state index contributed by atoms with van der Waals surface area (Å²) >= 11 is 1.49. The number of imide groups is 1. The first kappa shape index (κ1) is 44.9. The van der Waals surface area contributed by atoms with Gasteiger partial charge in [-0.25, -0.2) is 18.6 Å². The molecule has 3 aliphatic heterocycles. The number of nitriles is 1. The van der Waals surface area contributed by atoms with Crippen LogP contribution in [0.25, 0.3) is 21.8 Å². The van der Waals surface area contributed by atoms with Crippen molar-refractivity contribution in [3.8, 4) is 17.6 Å². The fraction of sp³-hybridized carbons (Fsp3) is 0.457. The highest BCUT2D eigenvalue weighted by Gasteiger charge is 2.45. The summed E-state index contributed by atoms with van der Waals surface area (Å²) in [6.45, 7) is 3.86. The van der Waals surface area contributed by atoms with Gasteiger partial charge >= 0.3 is 6.03 Å². The summed E-state index contributed by atoms with van der Waals surface area (Å²) < 4.78 is 49.4. The van der Waals surface area contributed by atoms with E-state index in [1.807, 2.05) is 17.9 Å². The second-order valence-electron chi connectivity index (χ2n) is 17.7. The Morgan fingerprint density at radius 2 is 1.85 bits per heavy atom.